The molecule has 0 aliphatic rings. The molecule has 21 heavy (non-hydrogen) atoms. The Bertz CT molecular complexity index is 602. The highest BCUT2D eigenvalue weighted by molar-refractivity contribution is 5.80. The zero-order valence-corrected chi connectivity index (χ0v) is 13.2. The van der Waals surface area contributed by atoms with Crippen LogP contribution in [0.15, 0.2) is 36.5 Å². The van der Waals surface area contributed by atoms with Crippen molar-refractivity contribution >= 4 is 5.91 Å². The van der Waals surface area contributed by atoms with Crippen LogP contribution >= 0.6 is 0 Å². The maximum Gasteiger partial charge on any atom is 0.246 e. The van der Waals surface area contributed by atoms with Crippen molar-refractivity contribution in [2.24, 2.45) is 0 Å². The van der Waals surface area contributed by atoms with Gasteiger partial charge in [0.15, 0.2) is 0 Å². The summed E-state index contributed by atoms with van der Waals surface area (Å²) in [7, 11) is 3.58. The lowest BCUT2D eigenvalue weighted by Crippen LogP contribution is -2.32. The molecular weight excluding hydrogens is 262 g/mol. The van der Waals surface area contributed by atoms with Gasteiger partial charge in [-0.25, -0.2) is 0 Å². The Morgan fingerprint density at radius 3 is 2.52 bits per heavy atom. The second-order valence-corrected chi connectivity index (χ2v) is 5.54. The first-order valence-corrected chi connectivity index (χ1v) is 7.37. The summed E-state index contributed by atoms with van der Waals surface area (Å²) in [6, 6.07) is 9.86. The van der Waals surface area contributed by atoms with E-state index in [0.717, 1.165) is 29.7 Å². The molecule has 0 aliphatic carbocycles. The lowest BCUT2D eigenvalue weighted by Gasteiger charge is -2.20. The summed E-state index contributed by atoms with van der Waals surface area (Å²) in [6.45, 7) is 4.12. The van der Waals surface area contributed by atoms with Gasteiger partial charge in [0, 0.05) is 25.9 Å². The summed E-state index contributed by atoms with van der Waals surface area (Å²) < 4.78 is 1.82. The average Bonchev–Trinajstić information content (AvgIpc) is 2.86. The van der Waals surface area contributed by atoms with Gasteiger partial charge < -0.3 is 4.90 Å². The number of nitrogens with zero attached hydrogens (tertiary/aromatic N) is 3. The fourth-order valence-electron chi connectivity index (χ4n) is 2.46. The van der Waals surface area contributed by atoms with Crippen LogP contribution in [-0.4, -0.2) is 34.7 Å². The highest BCUT2D eigenvalue weighted by Crippen LogP contribution is 2.24. The summed E-state index contributed by atoms with van der Waals surface area (Å²) in [5, 5.41) is 4.67. The molecule has 0 saturated carbocycles. The van der Waals surface area contributed by atoms with E-state index in [4.69, 9.17) is 0 Å². The van der Waals surface area contributed by atoms with Crippen molar-refractivity contribution in [2.75, 3.05) is 14.1 Å². The Kier molecular flexibility index (Phi) is 4.78. The number of rotatable bonds is 5. The molecule has 1 amide bonds. The number of amides is 1. The minimum Gasteiger partial charge on any atom is -0.347 e. The molecule has 1 heterocycles. The van der Waals surface area contributed by atoms with E-state index in [9.17, 15) is 4.79 Å². The van der Waals surface area contributed by atoms with Gasteiger partial charge in [0.2, 0.25) is 5.91 Å². The normalized spacial score (nSPS) is 12.2. The maximum atomic E-state index is 12.4. The number of aromatic nitrogens is 2. The number of benzene rings is 1. The number of likely N-dealkylation sites (N-methyl/N-ethyl adjacent to an activating group) is 1. The number of hydrogen-bond acceptors (Lipinski definition) is 2. The fourth-order valence-corrected chi connectivity index (χ4v) is 2.46. The molecule has 0 N–H and O–H groups in total. The van der Waals surface area contributed by atoms with E-state index in [1.165, 1.54) is 0 Å². The van der Waals surface area contributed by atoms with Gasteiger partial charge >= 0.3 is 0 Å². The molecule has 4 nitrogen and oxygen atoms in total. The minimum absolute atomic E-state index is 0.0963. The monoisotopic (exact) mass is 285 g/mol. The third-order valence-corrected chi connectivity index (χ3v) is 3.57. The van der Waals surface area contributed by atoms with Crippen LogP contribution < -0.4 is 0 Å². The summed E-state index contributed by atoms with van der Waals surface area (Å²) in [5.41, 5.74) is 3.12. The second-order valence-electron chi connectivity index (χ2n) is 5.54. The zero-order chi connectivity index (χ0) is 15.4. The van der Waals surface area contributed by atoms with Crippen LogP contribution in [0.1, 0.15) is 31.4 Å². The van der Waals surface area contributed by atoms with Crippen molar-refractivity contribution in [3.8, 4) is 11.3 Å². The summed E-state index contributed by atoms with van der Waals surface area (Å²) in [4.78, 5) is 14.0. The Hall–Kier alpha value is -2.10. The molecular formula is C17H23N3O. The van der Waals surface area contributed by atoms with E-state index >= 15 is 0 Å². The van der Waals surface area contributed by atoms with Crippen molar-refractivity contribution in [3.63, 3.8) is 0 Å². The van der Waals surface area contributed by atoms with Crippen molar-refractivity contribution in [1.82, 2.24) is 14.7 Å². The molecule has 0 spiro atoms. The molecule has 2 rings (SSSR count). The molecule has 0 saturated heterocycles. The Morgan fingerprint density at radius 1 is 1.29 bits per heavy atom. The third-order valence-electron chi connectivity index (χ3n) is 3.57. The Balaban J connectivity index is 2.38. The zero-order valence-electron chi connectivity index (χ0n) is 13.2. The molecule has 0 bridgehead atoms. The number of carbonyl (C=O) groups is 1. The van der Waals surface area contributed by atoms with Crippen LogP contribution in [0.3, 0.4) is 0 Å². The molecule has 0 radical (unpaired) electrons. The number of hydrogen-bond donors (Lipinski definition) is 0. The van der Waals surface area contributed by atoms with E-state index < -0.39 is 0 Å². The third kappa shape index (κ3) is 3.32. The minimum atomic E-state index is -0.221. The first-order chi connectivity index (χ1) is 10.0. The van der Waals surface area contributed by atoms with Gasteiger partial charge in [0.25, 0.3) is 0 Å². The quantitative estimate of drug-likeness (QED) is 0.845. The largest absolute Gasteiger partial charge is 0.347 e. The Morgan fingerprint density at radius 2 is 1.95 bits per heavy atom. The molecule has 2 aromatic rings. The predicted molar refractivity (Wildman–Crippen MR) is 85.0 cm³/mol. The van der Waals surface area contributed by atoms with Gasteiger partial charge in [-0.15, -0.1) is 0 Å². The van der Waals surface area contributed by atoms with Crippen LogP contribution in [0.5, 0.6) is 0 Å². The maximum absolute atomic E-state index is 12.4. The van der Waals surface area contributed by atoms with Crippen LogP contribution in [-0.2, 0) is 4.79 Å². The molecule has 1 aromatic carbocycles. The van der Waals surface area contributed by atoms with Gasteiger partial charge in [-0.3, -0.25) is 9.48 Å². The van der Waals surface area contributed by atoms with Crippen molar-refractivity contribution in [1.29, 1.82) is 0 Å². The summed E-state index contributed by atoms with van der Waals surface area (Å²) >= 11 is 0. The van der Waals surface area contributed by atoms with E-state index in [0.29, 0.717) is 0 Å². The molecule has 1 unspecified atom stereocenters. The Labute approximate surface area is 126 Å². The average molecular weight is 285 g/mol. The van der Waals surface area contributed by atoms with Gasteiger partial charge in [-0.2, -0.15) is 5.10 Å². The smallest absolute Gasteiger partial charge is 0.246 e. The van der Waals surface area contributed by atoms with Crippen LogP contribution in [0.2, 0.25) is 0 Å². The highest BCUT2D eigenvalue weighted by atomic mass is 16.2. The summed E-state index contributed by atoms with van der Waals surface area (Å²) in [6.07, 6.45) is 3.72. The van der Waals surface area contributed by atoms with Gasteiger partial charge in [-0.05, 0) is 18.9 Å². The van der Waals surface area contributed by atoms with Gasteiger partial charge in [-0.1, -0.05) is 43.7 Å². The first-order valence-electron chi connectivity index (χ1n) is 7.37. The van der Waals surface area contributed by atoms with Crippen molar-refractivity contribution < 1.29 is 4.79 Å². The molecule has 112 valence electrons. The topological polar surface area (TPSA) is 38.1 Å². The summed E-state index contributed by atoms with van der Waals surface area (Å²) in [5.74, 6) is 0.0963. The van der Waals surface area contributed by atoms with E-state index in [1.54, 1.807) is 19.0 Å². The van der Waals surface area contributed by atoms with Crippen LogP contribution in [0.4, 0.5) is 0 Å². The molecule has 1 atom stereocenters. The standard InChI is InChI=1S/C17H23N3O/c1-5-9-15(17(21)19(3)4)20-12-13(2)16(18-20)14-10-7-6-8-11-14/h6-8,10-12,15H,5,9H2,1-4H3. The van der Waals surface area contributed by atoms with E-state index in [2.05, 4.69) is 12.0 Å². The van der Waals surface area contributed by atoms with Gasteiger partial charge in [0.05, 0.1) is 5.69 Å². The fraction of sp³-hybridized carbons (Fsp3) is 0.412. The van der Waals surface area contributed by atoms with Crippen molar-refractivity contribution in [2.45, 2.75) is 32.7 Å². The molecule has 1 aromatic heterocycles. The molecule has 0 fully saturated rings. The van der Waals surface area contributed by atoms with Crippen molar-refractivity contribution in [3.05, 3.63) is 42.1 Å². The number of carbonyl (C=O) groups excluding carboxylic acids is 1. The highest BCUT2D eigenvalue weighted by Gasteiger charge is 2.23. The van der Waals surface area contributed by atoms with Crippen LogP contribution in [0, 0.1) is 6.92 Å². The SMILES string of the molecule is CCCC(C(=O)N(C)C)n1cc(C)c(-c2ccccc2)n1. The lowest BCUT2D eigenvalue weighted by molar-refractivity contribution is -0.132. The predicted octanol–water partition coefficient (Wildman–Crippen LogP) is 3.29. The second kappa shape index (κ2) is 6.57. The molecule has 0 aliphatic heterocycles. The van der Waals surface area contributed by atoms with E-state index in [1.807, 2.05) is 48.1 Å². The number of aryl methyl sites for hydroxylation is 1. The van der Waals surface area contributed by atoms with Crippen LogP contribution in [0.25, 0.3) is 11.3 Å². The van der Waals surface area contributed by atoms with Gasteiger partial charge in [0.1, 0.15) is 6.04 Å². The van der Waals surface area contributed by atoms with E-state index in [-0.39, 0.29) is 11.9 Å². The lowest BCUT2D eigenvalue weighted by atomic mass is 10.1. The first kappa shape index (κ1) is 15.3. The molecule has 4 heteroatoms.